The number of aliphatic hydroxyl groups is 1. The van der Waals surface area contributed by atoms with Crippen molar-refractivity contribution in [3.8, 4) is 5.75 Å². The van der Waals surface area contributed by atoms with Crippen molar-refractivity contribution >= 4 is 0 Å². The van der Waals surface area contributed by atoms with Crippen LogP contribution in [0.2, 0.25) is 0 Å². The third kappa shape index (κ3) is 5.32. The van der Waals surface area contributed by atoms with Crippen LogP contribution in [0.1, 0.15) is 36.2 Å². The lowest BCUT2D eigenvalue weighted by atomic mass is 10.0. The van der Waals surface area contributed by atoms with Gasteiger partial charge in [0, 0.05) is 19.3 Å². The summed E-state index contributed by atoms with van der Waals surface area (Å²) in [6.45, 7) is 9.99. The van der Waals surface area contributed by atoms with Crippen molar-refractivity contribution in [1.82, 2.24) is 10.3 Å². The van der Waals surface area contributed by atoms with Crippen LogP contribution in [0.5, 0.6) is 5.75 Å². The van der Waals surface area contributed by atoms with E-state index in [-0.39, 0.29) is 12.0 Å². The molecular formula is C20H28N2O2. The highest BCUT2D eigenvalue weighted by atomic mass is 16.5. The predicted octanol–water partition coefficient (Wildman–Crippen LogP) is 3.38. The van der Waals surface area contributed by atoms with Crippen LogP contribution in [0.4, 0.5) is 0 Å². The fourth-order valence-corrected chi connectivity index (χ4v) is 2.60. The van der Waals surface area contributed by atoms with Gasteiger partial charge in [0.05, 0.1) is 11.8 Å². The Morgan fingerprint density at radius 1 is 1.17 bits per heavy atom. The molecule has 4 heteroatoms. The molecule has 0 aliphatic carbocycles. The SMILES string of the molecule is Cc1cc(CNCC(O)C(C)C)cc(C)c1OCc1ccccn1. The zero-order valence-corrected chi connectivity index (χ0v) is 15.0. The Hall–Kier alpha value is -1.91. The summed E-state index contributed by atoms with van der Waals surface area (Å²) in [6, 6.07) is 10.1. The summed E-state index contributed by atoms with van der Waals surface area (Å²) in [6.07, 6.45) is 1.46. The second-order valence-corrected chi connectivity index (χ2v) is 6.61. The van der Waals surface area contributed by atoms with E-state index in [1.165, 1.54) is 5.56 Å². The first kappa shape index (κ1) is 18.4. The number of aromatic nitrogens is 1. The van der Waals surface area contributed by atoms with E-state index >= 15 is 0 Å². The van der Waals surface area contributed by atoms with Crippen LogP contribution in [-0.4, -0.2) is 22.7 Å². The molecular weight excluding hydrogens is 300 g/mol. The number of aliphatic hydroxyl groups excluding tert-OH is 1. The van der Waals surface area contributed by atoms with Crippen LogP contribution in [0, 0.1) is 19.8 Å². The number of pyridine rings is 1. The molecule has 1 unspecified atom stereocenters. The van der Waals surface area contributed by atoms with Gasteiger partial charge < -0.3 is 15.2 Å². The summed E-state index contributed by atoms with van der Waals surface area (Å²) >= 11 is 0. The average molecular weight is 328 g/mol. The molecule has 130 valence electrons. The van der Waals surface area contributed by atoms with Gasteiger partial charge in [-0.2, -0.15) is 0 Å². The first-order chi connectivity index (χ1) is 11.5. The van der Waals surface area contributed by atoms with Gasteiger partial charge in [0.2, 0.25) is 0 Å². The molecule has 0 spiro atoms. The monoisotopic (exact) mass is 328 g/mol. The molecule has 0 saturated carbocycles. The van der Waals surface area contributed by atoms with Crippen LogP contribution in [0.15, 0.2) is 36.5 Å². The Balaban J connectivity index is 1.95. The summed E-state index contributed by atoms with van der Waals surface area (Å²) in [5.74, 6) is 1.19. The van der Waals surface area contributed by atoms with E-state index in [9.17, 15) is 5.11 Å². The van der Waals surface area contributed by atoms with Crippen molar-refractivity contribution in [3.63, 3.8) is 0 Å². The predicted molar refractivity (Wildman–Crippen MR) is 97.0 cm³/mol. The lowest BCUT2D eigenvalue weighted by molar-refractivity contribution is 0.123. The molecule has 1 aromatic carbocycles. The molecule has 0 saturated heterocycles. The topological polar surface area (TPSA) is 54.4 Å². The van der Waals surface area contributed by atoms with E-state index in [4.69, 9.17) is 4.74 Å². The third-order valence-electron chi connectivity index (χ3n) is 4.06. The van der Waals surface area contributed by atoms with Crippen LogP contribution < -0.4 is 10.1 Å². The number of nitrogens with zero attached hydrogens (tertiary/aromatic N) is 1. The highest BCUT2D eigenvalue weighted by Crippen LogP contribution is 2.25. The maximum atomic E-state index is 9.85. The normalized spacial score (nSPS) is 12.4. The van der Waals surface area contributed by atoms with Gasteiger partial charge in [0.15, 0.2) is 0 Å². The first-order valence-corrected chi connectivity index (χ1v) is 8.49. The van der Waals surface area contributed by atoms with Gasteiger partial charge in [-0.3, -0.25) is 4.98 Å². The van der Waals surface area contributed by atoms with Crippen molar-refractivity contribution in [1.29, 1.82) is 0 Å². The summed E-state index contributed by atoms with van der Waals surface area (Å²) in [4.78, 5) is 4.28. The minimum Gasteiger partial charge on any atom is -0.487 e. The van der Waals surface area contributed by atoms with Crippen molar-refractivity contribution in [2.24, 2.45) is 5.92 Å². The maximum Gasteiger partial charge on any atom is 0.130 e. The van der Waals surface area contributed by atoms with Gasteiger partial charge in [-0.05, 0) is 48.6 Å². The highest BCUT2D eigenvalue weighted by Gasteiger charge is 2.10. The van der Waals surface area contributed by atoms with Gasteiger partial charge in [-0.25, -0.2) is 0 Å². The zero-order valence-electron chi connectivity index (χ0n) is 15.0. The van der Waals surface area contributed by atoms with E-state index in [1.54, 1.807) is 6.20 Å². The lowest BCUT2D eigenvalue weighted by Crippen LogP contribution is -2.30. The van der Waals surface area contributed by atoms with Crippen molar-refractivity contribution in [2.45, 2.75) is 47.0 Å². The fourth-order valence-electron chi connectivity index (χ4n) is 2.60. The standard InChI is InChI=1S/C20H28N2O2/c1-14(2)19(23)12-21-11-17-9-15(3)20(16(4)10-17)24-13-18-7-5-6-8-22-18/h5-10,14,19,21,23H,11-13H2,1-4H3. The van der Waals surface area contributed by atoms with Crippen LogP contribution >= 0.6 is 0 Å². The van der Waals surface area contributed by atoms with E-state index in [0.29, 0.717) is 13.2 Å². The summed E-state index contributed by atoms with van der Waals surface area (Å²) in [5.41, 5.74) is 4.36. The first-order valence-electron chi connectivity index (χ1n) is 8.49. The van der Waals surface area contributed by atoms with Crippen molar-refractivity contribution in [3.05, 3.63) is 58.9 Å². The molecule has 0 aliphatic heterocycles. The maximum absolute atomic E-state index is 9.85. The minimum atomic E-state index is -0.312. The fraction of sp³-hybridized carbons (Fsp3) is 0.450. The molecule has 0 fully saturated rings. The number of aryl methyl sites for hydroxylation is 2. The Bertz CT molecular complexity index is 618. The van der Waals surface area contributed by atoms with Gasteiger partial charge >= 0.3 is 0 Å². The molecule has 2 rings (SSSR count). The minimum absolute atomic E-state index is 0.267. The van der Waals surface area contributed by atoms with Crippen LogP contribution in [0.3, 0.4) is 0 Å². The number of nitrogens with one attached hydrogen (secondary N) is 1. The largest absolute Gasteiger partial charge is 0.487 e. The molecule has 2 aromatic rings. The molecule has 0 amide bonds. The average Bonchev–Trinajstić information content (AvgIpc) is 2.55. The molecule has 1 aromatic heterocycles. The quantitative estimate of drug-likeness (QED) is 0.780. The van der Waals surface area contributed by atoms with E-state index in [0.717, 1.165) is 29.1 Å². The Morgan fingerprint density at radius 3 is 2.46 bits per heavy atom. The Labute approximate surface area is 144 Å². The van der Waals surface area contributed by atoms with Crippen LogP contribution in [0.25, 0.3) is 0 Å². The summed E-state index contributed by atoms with van der Waals surface area (Å²) < 4.78 is 5.96. The van der Waals surface area contributed by atoms with Crippen molar-refractivity contribution < 1.29 is 9.84 Å². The molecule has 1 atom stereocenters. The highest BCUT2D eigenvalue weighted by molar-refractivity contribution is 5.43. The van der Waals surface area contributed by atoms with Gasteiger partial charge in [0.1, 0.15) is 12.4 Å². The van der Waals surface area contributed by atoms with Crippen LogP contribution in [-0.2, 0) is 13.2 Å². The van der Waals surface area contributed by atoms with Gasteiger partial charge in [0.25, 0.3) is 0 Å². The smallest absolute Gasteiger partial charge is 0.130 e. The number of ether oxygens (including phenoxy) is 1. The molecule has 24 heavy (non-hydrogen) atoms. The molecule has 0 bridgehead atoms. The Morgan fingerprint density at radius 2 is 1.88 bits per heavy atom. The second kappa shape index (κ2) is 8.81. The molecule has 1 heterocycles. The lowest BCUT2D eigenvalue weighted by Gasteiger charge is -2.17. The third-order valence-corrected chi connectivity index (χ3v) is 4.06. The number of rotatable bonds is 8. The number of hydrogen-bond acceptors (Lipinski definition) is 4. The molecule has 0 radical (unpaired) electrons. The molecule has 2 N–H and O–H groups in total. The Kier molecular flexibility index (Phi) is 6.76. The number of benzene rings is 1. The van der Waals surface area contributed by atoms with Gasteiger partial charge in [-0.1, -0.05) is 32.0 Å². The summed E-state index contributed by atoms with van der Waals surface area (Å²) in [7, 11) is 0. The molecule has 0 aliphatic rings. The number of hydrogen-bond donors (Lipinski definition) is 2. The van der Waals surface area contributed by atoms with Crippen molar-refractivity contribution in [2.75, 3.05) is 6.54 Å². The zero-order chi connectivity index (χ0) is 17.5. The van der Waals surface area contributed by atoms with E-state index < -0.39 is 0 Å². The summed E-state index contributed by atoms with van der Waals surface area (Å²) in [5, 5.41) is 13.2. The van der Waals surface area contributed by atoms with E-state index in [1.807, 2.05) is 32.0 Å². The van der Waals surface area contributed by atoms with E-state index in [2.05, 4.69) is 36.3 Å². The van der Waals surface area contributed by atoms with Gasteiger partial charge in [-0.15, -0.1) is 0 Å². The second-order valence-electron chi connectivity index (χ2n) is 6.61. The molecule has 4 nitrogen and oxygen atoms in total.